The Kier molecular flexibility index (Phi) is 5.28. The number of carbonyl (C=O) groups excluding carboxylic acids is 1. The third-order valence-corrected chi connectivity index (χ3v) is 5.74. The zero-order valence-corrected chi connectivity index (χ0v) is 16.9. The van der Waals surface area contributed by atoms with Gasteiger partial charge in [-0.2, -0.15) is 0 Å². The molecule has 8 heteroatoms. The Morgan fingerprint density at radius 2 is 1.94 bits per heavy atom. The maximum absolute atomic E-state index is 14.0. The number of amides is 1. The molecule has 1 saturated heterocycles. The lowest BCUT2D eigenvalue weighted by atomic mass is 9.98. The fraction of sp³-hybridized carbons (Fsp3) is 0.348. The van der Waals surface area contributed by atoms with Crippen molar-refractivity contribution in [2.75, 3.05) is 19.9 Å². The van der Waals surface area contributed by atoms with Gasteiger partial charge in [-0.25, -0.2) is 4.39 Å². The van der Waals surface area contributed by atoms with Crippen molar-refractivity contribution in [2.24, 2.45) is 0 Å². The van der Waals surface area contributed by atoms with E-state index in [-0.39, 0.29) is 30.9 Å². The standard InChI is InChI=1S/C23H22FN3O4/c24-18-4-2-1-3-17(18)16-9-10-27(13-16)23(28)8-7-21-25-26-22(31-21)12-15-5-6-19-20(11-15)30-14-29-19/h1-6,11,16H,7-10,12-14H2/t16-/m0/s1. The van der Waals surface area contributed by atoms with E-state index in [1.54, 1.807) is 17.0 Å². The third-order valence-electron chi connectivity index (χ3n) is 5.74. The molecule has 0 unspecified atom stereocenters. The number of hydrogen-bond acceptors (Lipinski definition) is 6. The van der Waals surface area contributed by atoms with Crippen LogP contribution in [0.25, 0.3) is 0 Å². The van der Waals surface area contributed by atoms with Gasteiger partial charge in [-0.1, -0.05) is 24.3 Å². The van der Waals surface area contributed by atoms with E-state index in [4.69, 9.17) is 13.9 Å². The van der Waals surface area contributed by atoms with Gasteiger partial charge in [0.15, 0.2) is 11.5 Å². The lowest BCUT2D eigenvalue weighted by molar-refractivity contribution is -0.130. The SMILES string of the molecule is O=C(CCc1nnc(Cc2ccc3c(c2)OCO3)o1)N1CC[C@H](c2ccccc2F)C1. The summed E-state index contributed by atoms with van der Waals surface area (Å²) in [6.45, 7) is 1.41. The summed E-state index contributed by atoms with van der Waals surface area (Å²) < 4.78 is 30.4. The first kappa shape index (κ1) is 19.5. The molecule has 1 amide bonds. The minimum Gasteiger partial charge on any atom is -0.454 e. The second kappa shape index (κ2) is 8.37. The lowest BCUT2D eigenvalue weighted by Crippen LogP contribution is -2.28. The summed E-state index contributed by atoms with van der Waals surface area (Å²) in [6.07, 6.45) is 1.92. The van der Waals surface area contributed by atoms with Crippen LogP contribution >= 0.6 is 0 Å². The first-order chi connectivity index (χ1) is 15.2. The number of ether oxygens (including phenoxy) is 2. The first-order valence-electron chi connectivity index (χ1n) is 10.4. The third kappa shape index (κ3) is 4.23. The molecule has 0 bridgehead atoms. The molecule has 0 N–H and O–H groups in total. The fourth-order valence-corrected chi connectivity index (χ4v) is 4.11. The van der Waals surface area contributed by atoms with Crippen molar-refractivity contribution in [1.29, 1.82) is 0 Å². The number of halogens is 1. The van der Waals surface area contributed by atoms with E-state index < -0.39 is 0 Å². The van der Waals surface area contributed by atoms with E-state index in [0.717, 1.165) is 17.7 Å². The summed E-state index contributed by atoms with van der Waals surface area (Å²) in [4.78, 5) is 14.4. The highest BCUT2D eigenvalue weighted by Gasteiger charge is 2.28. The monoisotopic (exact) mass is 423 g/mol. The Hall–Kier alpha value is -3.42. The Labute approximate surface area is 178 Å². The van der Waals surface area contributed by atoms with Crippen LogP contribution in [0.15, 0.2) is 46.9 Å². The molecule has 5 rings (SSSR count). The average Bonchev–Trinajstić information content (AvgIpc) is 3.53. The molecule has 0 aliphatic carbocycles. The zero-order chi connectivity index (χ0) is 21.2. The summed E-state index contributed by atoms with van der Waals surface area (Å²) in [5, 5.41) is 8.15. The molecule has 1 fully saturated rings. The molecule has 3 aromatic rings. The highest BCUT2D eigenvalue weighted by Crippen LogP contribution is 2.33. The maximum atomic E-state index is 14.0. The quantitative estimate of drug-likeness (QED) is 0.604. The first-order valence-corrected chi connectivity index (χ1v) is 10.4. The van der Waals surface area contributed by atoms with Crippen LogP contribution in [0, 0.1) is 5.82 Å². The van der Waals surface area contributed by atoms with Crippen molar-refractivity contribution in [3.8, 4) is 11.5 Å². The smallest absolute Gasteiger partial charge is 0.231 e. The number of nitrogens with zero attached hydrogens (tertiary/aromatic N) is 3. The molecule has 0 radical (unpaired) electrons. The van der Waals surface area contributed by atoms with Gasteiger partial charge in [0, 0.05) is 31.8 Å². The Balaban J connectivity index is 1.14. The van der Waals surface area contributed by atoms with Gasteiger partial charge in [-0.15, -0.1) is 10.2 Å². The zero-order valence-electron chi connectivity index (χ0n) is 16.9. The van der Waals surface area contributed by atoms with E-state index in [0.29, 0.717) is 49.0 Å². The van der Waals surface area contributed by atoms with Crippen LogP contribution in [0.5, 0.6) is 11.5 Å². The molecule has 0 saturated carbocycles. The van der Waals surface area contributed by atoms with Gasteiger partial charge in [-0.05, 0) is 35.7 Å². The summed E-state index contributed by atoms with van der Waals surface area (Å²) >= 11 is 0. The summed E-state index contributed by atoms with van der Waals surface area (Å²) in [5.41, 5.74) is 1.66. The Morgan fingerprint density at radius 3 is 2.84 bits per heavy atom. The molecule has 3 heterocycles. The summed E-state index contributed by atoms with van der Waals surface area (Å²) in [7, 11) is 0. The lowest BCUT2D eigenvalue weighted by Gasteiger charge is -2.16. The minimum absolute atomic E-state index is 0.0226. The molecular weight excluding hydrogens is 401 g/mol. The van der Waals surface area contributed by atoms with E-state index >= 15 is 0 Å². The van der Waals surface area contributed by atoms with Gasteiger partial charge in [0.25, 0.3) is 0 Å². The number of benzene rings is 2. The minimum atomic E-state index is -0.206. The van der Waals surface area contributed by atoms with Crippen LogP contribution in [0.3, 0.4) is 0 Å². The number of rotatable bonds is 6. The fourth-order valence-electron chi connectivity index (χ4n) is 4.11. The Morgan fingerprint density at radius 1 is 1.10 bits per heavy atom. The second-order valence-corrected chi connectivity index (χ2v) is 7.80. The van der Waals surface area contributed by atoms with Crippen molar-refractivity contribution in [3.05, 3.63) is 71.2 Å². The highest BCUT2D eigenvalue weighted by molar-refractivity contribution is 5.76. The van der Waals surface area contributed by atoms with Gasteiger partial charge >= 0.3 is 0 Å². The van der Waals surface area contributed by atoms with Crippen LogP contribution in [-0.2, 0) is 17.6 Å². The topological polar surface area (TPSA) is 77.7 Å². The molecule has 2 aliphatic heterocycles. The van der Waals surface area contributed by atoms with Gasteiger partial charge in [0.05, 0.1) is 6.42 Å². The van der Waals surface area contributed by atoms with Crippen molar-refractivity contribution in [3.63, 3.8) is 0 Å². The average molecular weight is 423 g/mol. The molecule has 1 aromatic heterocycles. The van der Waals surface area contributed by atoms with Crippen LogP contribution in [0.1, 0.15) is 41.7 Å². The van der Waals surface area contributed by atoms with Crippen molar-refractivity contribution < 1.29 is 23.1 Å². The molecule has 7 nitrogen and oxygen atoms in total. The number of likely N-dealkylation sites (tertiary alicyclic amines) is 1. The van der Waals surface area contributed by atoms with E-state index in [2.05, 4.69) is 10.2 Å². The number of hydrogen-bond donors (Lipinski definition) is 0. The van der Waals surface area contributed by atoms with Gasteiger partial charge < -0.3 is 18.8 Å². The number of carbonyl (C=O) groups is 1. The predicted octanol–water partition coefficient (Wildman–Crippen LogP) is 3.48. The summed E-state index contributed by atoms with van der Waals surface area (Å²) in [6, 6.07) is 12.5. The molecule has 31 heavy (non-hydrogen) atoms. The number of aromatic nitrogens is 2. The van der Waals surface area contributed by atoms with Crippen molar-refractivity contribution in [1.82, 2.24) is 15.1 Å². The van der Waals surface area contributed by atoms with Crippen molar-refractivity contribution in [2.45, 2.75) is 31.6 Å². The number of fused-ring (bicyclic) bond motifs is 1. The summed E-state index contributed by atoms with van der Waals surface area (Å²) in [5.74, 6) is 2.23. The Bertz CT molecular complexity index is 1100. The van der Waals surface area contributed by atoms with Crippen LogP contribution in [0.2, 0.25) is 0 Å². The largest absolute Gasteiger partial charge is 0.454 e. The van der Waals surface area contributed by atoms with Crippen LogP contribution in [-0.4, -0.2) is 40.9 Å². The molecule has 0 spiro atoms. The van der Waals surface area contributed by atoms with Gasteiger partial charge in [-0.3, -0.25) is 4.79 Å². The predicted molar refractivity (Wildman–Crippen MR) is 108 cm³/mol. The van der Waals surface area contributed by atoms with E-state index in [9.17, 15) is 9.18 Å². The van der Waals surface area contributed by atoms with E-state index in [1.165, 1.54) is 6.07 Å². The molecule has 1 atom stereocenters. The second-order valence-electron chi connectivity index (χ2n) is 7.80. The molecule has 2 aromatic carbocycles. The molecule has 160 valence electrons. The van der Waals surface area contributed by atoms with Gasteiger partial charge in [0.2, 0.25) is 24.5 Å². The van der Waals surface area contributed by atoms with Crippen molar-refractivity contribution >= 4 is 5.91 Å². The molecular formula is C23H22FN3O4. The van der Waals surface area contributed by atoms with Crippen LogP contribution in [0.4, 0.5) is 4.39 Å². The van der Waals surface area contributed by atoms with Gasteiger partial charge in [0.1, 0.15) is 5.82 Å². The van der Waals surface area contributed by atoms with Crippen LogP contribution < -0.4 is 9.47 Å². The molecule has 2 aliphatic rings. The highest BCUT2D eigenvalue weighted by atomic mass is 19.1. The number of aryl methyl sites for hydroxylation is 1. The maximum Gasteiger partial charge on any atom is 0.231 e. The van der Waals surface area contributed by atoms with E-state index in [1.807, 2.05) is 24.3 Å². The normalized spacial score (nSPS) is 17.3.